The van der Waals surface area contributed by atoms with Crippen molar-refractivity contribution < 1.29 is 14.3 Å². The largest absolute Gasteiger partial charge is 0.381 e. The zero-order chi connectivity index (χ0) is 29.6. The second-order valence-corrected chi connectivity index (χ2v) is 10.2. The van der Waals surface area contributed by atoms with E-state index >= 15 is 0 Å². The molecule has 2 rings (SSSR count). The first-order valence-corrected chi connectivity index (χ1v) is 14.7. The van der Waals surface area contributed by atoms with Crippen molar-refractivity contribution in [1.29, 1.82) is 0 Å². The number of H-pyrrole nitrogens is 1. The van der Waals surface area contributed by atoms with Crippen LogP contribution in [0.15, 0.2) is 48.2 Å². The van der Waals surface area contributed by atoms with Crippen molar-refractivity contribution in [1.82, 2.24) is 15.3 Å². The predicted octanol–water partition coefficient (Wildman–Crippen LogP) is 8.53. The zero-order valence-electron chi connectivity index (χ0n) is 25.2. The van der Waals surface area contributed by atoms with Crippen molar-refractivity contribution in [2.45, 2.75) is 81.1 Å². The first-order valence-electron chi connectivity index (χ1n) is 13.8. The Morgan fingerprint density at radius 3 is 2.49 bits per heavy atom. The van der Waals surface area contributed by atoms with Crippen LogP contribution >= 0.6 is 11.3 Å². The fraction of sp³-hybridized carbons (Fsp3) is 0.469. The average Bonchev–Trinajstić information content (AvgIpc) is 3.53. The summed E-state index contributed by atoms with van der Waals surface area (Å²) >= 11 is 1.51. The SMILES string of the molecule is C=C/C=C\c1c(-c2csc(/C(C)=C/C(=C\NC=O)C(C)=O)n2)c[nH]c1C.CCC.CCCOCC(C)CCC. The van der Waals surface area contributed by atoms with E-state index in [9.17, 15) is 9.59 Å². The summed E-state index contributed by atoms with van der Waals surface area (Å²) in [6, 6.07) is 0. The number of nitrogens with zero attached hydrogens (tertiary/aromatic N) is 1. The van der Waals surface area contributed by atoms with E-state index in [0.717, 1.165) is 58.6 Å². The number of aromatic amines is 1. The van der Waals surface area contributed by atoms with Crippen molar-refractivity contribution in [3.8, 4) is 11.3 Å². The third kappa shape index (κ3) is 14.6. The molecule has 39 heavy (non-hydrogen) atoms. The lowest BCUT2D eigenvalue weighted by atomic mass is 10.1. The Morgan fingerprint density at radius 1 is 1.23 bits per heavy atom. The number of nitrogens with one attached hydrogen (secondary N) is 2. The number of amides is 1. The van der Waals surface area contributed by atoms with Crippen LogP contribution in [-0.2, 0) is 14.3 Å². The molecule has 0 saturated heterocycles. The molecule has 0 radical (unpaired) electrons. The van der Waals surface area contributed by atoms with Gasteiger partial charge in [-0.1, -0.05) is 72.3 Å². The Hall–Kier alpha value is -3.03. The Morgan fingerprint density at radius 2 is 1.92 bits per heavy atom. The number of hydrogen-bond acceptors (Lipinski definition) is 5. The Labute approximate surface area is 240 Å². The molecular weight excluding hydrogens is 506 g/mol. The number of carbonyl (C=O) groups is 2. The minimum atomic E-state index is -0.131. The summed E-state index contributed by atoms with van der Waals surface area (Å²) in [5.74, 6) is 0.616. The zero-order valence-corrected chi connectivity index (χ0v) is 26.0. The van der Waals surface area contributed by atoms with Crippen LogP contribution in [0.4, 0.5) is 0 Å². The van der Waals surface area contributed by atoms with Crippen molar-refractivity contribution in [3.05, 3.63) is 64.4 Å². The monoisotopic (exact) mass is 555 g/mol. The second-order valence-electron chi connectivity index (χ2n) is 9.32. The van der Waals surface area contributed by atoms with Crippen LogP contribution in [0.3, 0.4) is 0 Å². The van der Waals surface area contributed by atoms with Crippen LogP contribution in [0.2, 0.25) is 0 Å². The van der Waals surface area contributed by atoms with Gasteiger partial charge >= 0.3 is 0 Å². The number of allylic oxidation sites excluding steroid dienone is 5. The molecule has 2 heterocycles. The number of ether oxygens (including phenoxy) is 1. The lowest BCUT2D eigenvalue weighted by Crippen LogP contribution is -2.05. The van der Waals surface area contributed by atoms with Gasteiger partial charge in [-0.05, 0) is 51.2 Å². The molecule has 6 nitrogen and oxygen atoms in total. The van der Waals surface area contributed by atoms with Crippen molar-refractivity contribution in [2.75, 3.05) is 13.2 Å². The summed E-state index contributed by atoms with van der Waals surface area (Å²) in [6.45, 7) is 21.8. The standard InChI is InChI=1S/C20H21N3O2S.C9H20O.C3H8/c1-5-6-7-17-14(3)22-10-18(17)19-11-26-20(23-19)13(2)8-16(15(4)25)9-21-12-24;1-4-6-9(3)8-10-7-5-2;1-3-2/h5-12,22H,1H2,2-4H3,(H,21,24);9H,4-8H2,1-3H3;3H2,1-2H3/b7-6-,13-8+,16-9+;;. The molecule has 0 aliphatic heterocycles. The normalized spacial score (nSPS) is 12.2. The van der Waals surface area contributed by atoms with Crippen LogP contribution in [-0.4, -0.2) is 35.4 Å². The van der Waals surface area contributed by atoms with E-state index in [1.165, 1.54) is 43.7 Å². The molecule has 2 aromatic rings. The Bertz CT molecular complexity index is 1080. The van der Waals surface area contributed by atoms with Gasteiger partial charge in [0.05, 0.1) is 5.69 Å². The fourth-order valence-corrected chi connectivity index (χ4v) is 4.17. The molecule has 216 valence electrons. The molecule has 0 bridgehead atoms. The molecular formula is C32H49N3O3S. The first kappa shape index (κ1) is 36.0. The maximum absolute atomic E-state index is 11.7. The van der Waals surface area contributed by atoms with Crippen molar-refractivity contribution in [2.24, 2.45) is 5.92 Å². The Balaban J connectivity index is 0.000000928. The highest BCUT2D eigenvalue weighted by molar-refractivity contribution is 7.11. The molecule has 0 fully saturated rings. The molecule has 0 aliphatic rings. The highest BCUT2D eigenvalue weighted by Gasteiger charge is 2.13. The molecule has 1 atom stereocenters. The number of Topliss-reactive ketones (excluding diaryl/α,β-unsaturated/α-hetero) is 1. The average molecular weight is 556 g/mol. The van der Waals surface area contributed by atoms with Crippen LogP contribution in [0, 0.1) is 12.8 Å². The molecule has 2 N–H and O–H groups in total. The first-order chi connectivity index (χ1) is 18.7. The van der Waals surface area contributed by atoms with Crippen LogP contribution in [0.5, 0.6) is 0 Å². The summed E-state index contributed by atoms with van der Waals surface area (Å²) in [5, 5.41) is 5.21. The molecule has 0 spiro atoms. The minimum absolute atomic E-state index is 0.131. The number of ketones is 1. The summed E-state index contributed by atoms with van der Waals surface area (Å²) in [5.41, 5.74) is 5.28. The summed E-state index contributed by atoms with van der Waals surface area (Å²) in [4.78, 5) is 30.0. The van der Waals surface area contributed by atoms with Gasteiger partial charge in [0.15, 0.2) is 5.78 Å². The van der Waals surface area contributed by atoms with Gasteiger partial charge in [0.2, 0.25) is 6.41 Å². The highest BCUT2D eigenvalue weighted by Crippen LogP contribution is 2.31. The minimum Gasteiger partial charge on any atom is -0.381 e. The van der Waals surface area contributed by atoms with Gasteiger partial charge < -0.3 is 15.0 Å². The maximum atomic E-state index is 11.7. The van der Waals surface area contributed by atoms with Crippen molar-refractivity contribution >= 4 is 35.2 Å². The maximum Gasteiger partial charge on any atom is 0.211 e. The molecule has 0 aromatic carbocycles. The van der Waals surface area contributed by atoms with Crippen molar-refractivity contribution in [3.63, 3.8) is 0 Å². The van der Waals surface area contributed by atoms with E-state index in [1.54, 1.807) is 12.2 Å². The molecule has 0 saturated carbocycles. The smallest absolute Gasteiger partial charge is 0.211 e. The van der Waals surface area contributed by atoms with Gasteiger partial charge in [-0.15, -0.1) is 11.3 Å². The van der Waals surface area contributed by atoms with Gasteiger partial charge in [-0.3, -0.25) is 9.59 Å². The molecule has 0 aliphatic carbocycles. The lowest BCUT2D eigenvalue weighted by molar-refractivity contribution is -0.113. The number of carbonyl (C=O) groups excluding carboxylic acids is 2. The summed E-state index contributed by atoms with van der Waals surface area (Å²) < 4.78 is 5.40. The van der Waals surface area contributed by atoms with E-state index in [-0.39, 0.29) is 5.78 Å². The van der Waals surface area contributed by atoms with Gasteiger partial charge in [-0.25, -0.2) is 4.98 Å². The van der Waals surface area contributed by atoms with E-state index < -0.39 is 0 Å². The molecule has 7 heteroatoms. The lowest BCUT2D eigenvalue weighted by Gasteiger charge is -2.09. The number of thiazole rings is 1. The number of aromatic nitrogens is 2. The van der Waals surface area contributed by atoms with E-state index in [2.05, 4.69) is 51.5 Å². The van der Waals surface area contributed by atoms with E-state index in [0.29, 0.717) is 12.0 Å². The second kappa shape index (κ2) is 21.9. The summed E-state index contributed by atoms with van der Waals surface area (Å²) in [7, 11) is 0. The van der Waals surface area contributed by atoms with Crippen LogP contribution in [0.25, 0.3) is 22.9 Å². The van der Waals surface area contributed by atoms with Crippen LogP contribution < -0.4 is 5.32 Å². The molecule has 1 amide bonds. The number of aryl methyl sites for hydroxylation is 1. The van der Waals surface area contributed by atoms with Gasteiger partial charge in [0.1, 0.15) is 5.01 Å². The summed E-state index contributed by atoms with van der Waals surface area (Å²) in [6.07, 6.45) is 16.2. The topological polar surface area (TPSA) is 84.1 Å². The predicted molar refractivity (Wildman–Crippen MR) is 169 cm³/mol. The molecule has 1 unspecified atom stereocenters. The van der Waals surface area contributed by atoms with Crippen LogP contribution in [0.1, 0.15) is 90.4 Å². The van der Waals surface area contributed by atoms with E-state index in [4.69, 9.17) is 9.72 Å². The number of rotatable bonds is 14. The third-order valence-electron chi connectivity index (χ3n) is 5.26. The quantitative estimate of drug-likeness (QED) is 0.106. The van der Waals surface area contributed by atoms with Gasteiger partial charge in [-0.2, -0.15) is 0 Å². The van der Waals surface area contributed by atoms with E-state index in [1.807, 2.05) is 37.6 Å². The Kier molecular flexibility index (Phi) is 20.2. The van der Waals surface area contributed by atoms with Gasteiger partial charge in [0, 0.05) is 53.4 Å². The molecule has 2 aromatic heterocycles. The highest BCUT2D eigenvalue weighted by atomic mass is 32.1. The van der Waals surface area contributed by atoms with Gasteiger partial charge in [0.25, 0.3) is 0 Å². The fourth-order valence-electron chi connectivity index (χ4n) is 3.38. The third-order valence-corrected chi connectivity index (χ3v) is 6.24. The number of hydrogen-bond donors (Lipinski definition) is 2.